The number of alkyl halides is 2. The quantitative estimate of drug-likeness (QED) is 0.287. The van der Waals surface area contributed by atoms with E-state index >= 15 is 0 Å². The van der Waals surface area contributed by atoms with Crippen molar-refractivity contribution in [2.24, 2.45) is 0 Å². The van der Waals surface area contributed by atoms with Crippen LogP contribution < -0.4 is 4.74 Å². The third-order valence-electron chi connectivity index (χ3n) is 6.62. The summed E-state index contributed by atoms with van der Waals surface area (Å²) in [6.45, 7) is 0.194. The monoisotopic (exact) mass is 485 g/mol. The van der Waals surface area contributed by atoms with Gasteiger partial charge in [-0.2, -0.15) is 8.78 Å². The Balaban J connectivity index is 1.51. The van der Waals surface area contributed by atoms with Crippen LogP contribution in [0.15, 0.2) is 54.6 Å². The van der Waals surface area contributed by atoms with Gasteiger partial charge in [-0.3, -0.25) is 9.59 Å². The average Bonchev–Trinajstić information content (AvgIpc) is 3.43. The van der Waals surface area contributed by atoms with Crippen LogP contribution in [-0.4, -0.2) is 29.5 Å². The molecule has 1 saturated carbocycles. The van der Waals surface area contributed by atoms with E-state index in [1.54, 1.807) is 47.9 Å². The van der Waals surface area contributed by atoms with Crippen molar-refractivity contribution in [1.29, 1.82) is 0 Å². The summed E-state index contributed by atoms with van der Waals surface area (Å²) >= 11 is 0. The summed E-state index contributed by atoms with van der Waals surface area (Å²) in [6.07, 6.45) is 2.50. The number of hydrogen-bond acceptors (Lipinski definition) is 4. The minimum Gasteiger partial charge on any atom is -0.457 e. The minimum absolute atomic E-state index is 0.0325. The lowest BCUT2D eigenvalue weighted by atomic mass is 9.78. The highest BCUT2D eigenvalue weighted by molar-refractivity contribution is 6.00. The number of nitrogens with zero attached hydrogens (tertiary/aromatic N) is 1. The van der Waals surface area contributed by atoms with Gasteiger partial charge in [-0.15, -0.1) is 0 Å². The molecule has 1 aliphatic carbocycles. The lowest BCUT2D eigenvalue weighted by Gasteiger charge is -2.27. The molecule has 0 bridgehead atoms. The summed E-state index contributed by atoms with van der Waals surface area (Å²) in [5.41, 5.74) is 1.66. The first-order valence-corrected chi connectivity index (χ1v) is 11.4. The first kappa shape index (κ1) is 24.6. The van der Waals surface area contributed by atoms with E-state index in [4.69, 9.17) is 4.74 Å². The molecule has 0 spiro atoms. The normalized spacial score (nSPS) is 14.8. The van der Waals surface area contributed by atoms with Crippen LogP contribution >= 0.6 is 0 Å². The highest BCUT2D eigenvalue weighted by Gasteiger charge is 2.46. The SMILES string of the molecule is Cc1cc(C(=O)COC(=O)C2(c3ccccc3F)CCCC2)c(C)n1-c1ccc(OC(F)F)cc1. The molecular weight excluding hydrogens is 459 g/mol. The molecule has 0 amide bonds. The van der Waals surface area contributed by atoms with E-state index in [0.29, 0.717) is 35.3 Å². The molecule has 35 heavy (non-hydrogen) atoms. The van der Waals surface area contributed by atoms with Gasteiger partial charge >= 0.3 is 12.6 Å². The van der Waals surface area contributed by atoms with Crippen molar-refractivity contribution in [2.75, 3.05) is 6.61 Å². The Hall–Kier alpha value is -3.55. The lowest BCUT2D eigenvalue weighted by Crippen LogP contribution is -2.36. The number of aromatic nitrogens is 1. The molecule has 0 N–H and O–H groups in total. The van der Waals surface area contributed by atoms with Gasteiger partial charge in [-0.25, -0.2) is 4.39 Å². The maximum absolute atomic E-state index is 14.5. The van der Waals surface area contributed by atoms with Crippen LogP contribution in [0.5, 0.6) is 5.75 Å². The van der Waals surface area contributed by atoms with Crippen LogP contribution in [0.25, 0.3) is 5.69 Å². The highest BCUT2D eigenvalue weighted by atomic mass is 19.3. The van der Waals surface area contributed by atoms with Crippen LogP contribution in [-0.2, 0) is 14.9 Å². The number of ketones is 1. The lowest BCUT2D eigenvalue weighted by molar-refractivity contribution is -0.149. The Kier molecular flexibility index (Phi) is 7.00. The van der Waals surface area contributed by atoms with Gasteiger partial charge in [0, 0.05) is 28.2 Å². The summed E-state index contributed by atoms with van der Waals surface area (Å²) in [4.78, 5) is 26.1. The van der Waals surface area contributed by atoms with E-state index in [0.717, 1.165) is 18.5 Å². The van der Waals surface area contributed by atoms with Crippen molar-refractivity contribution in [3.63, 3.8) is 0 Å². The number of carbonyl (C=O) groups excluding carboxylic acids is 2. The van der Waals surface area contributed by atoms with Gasteiger partial charge in [-0.05, 0) is 63.1 Å². The summed E-state index contributed by atoms with van der Waals surface area (Å²) < 4.78 is 51.0. The van der Waals surface area contributed by atoms with Crippen molar-refractivity contribution in [2.45, 2.75) is 51.6 Å². The summed E-state index contributed by atoms with van der Waals surface area (Å²) in [5.74, 6) is -1.38. The molecule has 1 aromatic heterocycles. The molecule has 8 heteroatoms. The number of Topliss-reactive ketones (excluding diaryl/α,β-unsaturated/α-hetero) is 1. The Labute approximate surface area is 201 Å². The van der Waals surface area contributed by atoms with E-state index in [-0.39, 0.29) is 11.5 Å². The Morgan fingerprint density at radius 1 is 1.03 bits per heavy atom. The van der Waals surface area contributed by atoms with Crippen molar-refractivity contribution in [3.05, 3.63) is 82.9 Å². The zero-order chi connectivity index (χ0) is 25.2. The van der Waals surface area contributed by atoms with Gasteiger partial charge in [0.25, 0.3) is 0 Å². The predicted octanol–water partition coefficient (Wildman–Crippen LogP) is 6.07. The van der Waals surface area contributed by atoms with E-state index in [1.807, 2.05) is 6.92 Å². The van der Waals surface area contributed by atoms with Gasteiger partial charge < -0.3 is 14.0 Å². The number of rotatable bonds is 8. The summed E-state index contributed by atoms with van der Waals surface area (Å²) in [6, 6.07) is 14.0. The molecule has 4 rings (SSSR count). The van der Waals surface area contributed by atoms with Crippen LogP contribution in [0.1, 0.15) is 53.0 Å². The van der Waals surface area contributed by atoms with E-state index in [9.17, 15) is 22.8 Å². The molecule has 1 aliphatic rings. The molecule has 0 aliphatic heterocycles. The first-order valence-electron chi connectivity index (χ1n) is 11.4. The fraction of sp³-hybridized carbons (Fsp3) is 0.333. The second-order valence-corrected chi connectivity index (χ2v) is 8.76. The molecule has 3 aromatic rings. The van der Waals surface area contributed by atoms with Crippen LogP contribution in [0.3, 0.4) is 0 Å². The highest BCUT2D eigenvalue weighted by Crippen LogP contribution is 2.43. The van der Waals surface area contributed by atoms with E-state index in [2.05, 4.69) is 4.74 Å². The van der Waals surface area contributed by atoms with Crippen LogP contribution in [0.4, 0.5) is 13.2 Å². The predicted molar refractivity (Wildman–Crippen MR) is 124 cm³/mol. The molecule has 0 saturated heterocycles. The van der Waals surface area contributed by atoms with Crippen molar-refractivity contribution < 1.29 is 32.2 Å². The smallest absolute Gasteiger partial charge is 0.387 e. The number of hydrogen-bond donors (Lipinski definition) is 0. The molecular formula is C27H26F3NO4. The van der Waals surface area contributed by atoms with Gasteiger partial charge in [0.05, 0.1) is 5.41 Å². The number of esters is 1. The number of benzene rings is 2. The number of halogens is 3. The van der Waals surface area contributed by atoms with Gasteiger partial charge in [0.2, 0.25) is 5.78 Å². The largest absolute Gasteiger partial charge is 0.457 e. The van der Waals surface area contributed by atoms with Gasteiger partial charge in [-0.1, -0.05) is 31.0 Å². The Bertz CT molecular complexity index is 1230. The van der Waals surface area contributed by atoms with E-state index < -0.39 is 30.4 Å². The molecule has 2 aromatic carbocycles. The molecule has 0 radical (unpaired) electrons. The third-order valence-corrected chi connectivity index (χ3v) is 6.62. The topological polar surface area (TPSA) is 57.5 Å². The summed E-state index contributed by atoms with van der Waals surface area (Å²) in [7, 11) is 0. The molecule has 1 fully saturated rings. The Morgan fingerprint density at radius 2 is 1.69 bits per heavy atom. The molecule has 0 atom stereocenters. The molecule has 5 nitrogen and oxygen atoms in total. The standard InChI is InChI=1S/C27H26F3NO4/c1-17-15-21(18(2)31(17)19-9-11-20(12-10-19)35-26(29)30)24(32)16-34-25(33)27(13-5-6-14-27)22-7-3-4-8-23(22)28/h3-4,7-12,15,26H,5-6,13-14,16H2,1-2H3. The fourth-order valence-corrected chi connectivity index (χ4v) is 4.98. The minimum atomic E-state index is -2.91. The number of ether oxygens (including phenoxy) is 2. The van der Waals surface area contributed by atoms with E-state index in [1.165, 1.54) is 18.2 Å². The maximum Gasteiger partial charge on any atom is 0.387 e. The maximum atomic E-state index is 14.5. The van der Waals surface area contributed by atoms with Crippen LogP contribution in [0.2, 0.25) is 0 Å². The van der Waals surface area contributed by atoms with Crippen molar-refractivity contribution in [1.82, 2.24) is 4.57 Å². The first-order chi connectivity index (χ1) is 16.7. The van der Waals surface area contributed by atoms with Gasteiger partial charge in [0.15, 0.2) is 6.61 Å². The zero-order valence-electron chi connectivity index (χ0n) is 19.5. The molecule has 1 heterocycles. The Morgan fingerprint density at radius 3 is 2.31 bits per heavy atom. The molecule has 0 unspecified atom stereocenters. The van der Waals surface area contributed by atoms with Crippen LogP contribution in [0, 0.1) is 19.7 Å². The number of aryl methyl sites for hydroxylation is 1. The zero-order valence-corrected chi connectivity index (χ0v) is 19.5. The average molecular weight is 486 g/mol. The van der Waals surface area contributed by atoms with Crippen molar-refractivity contribution >= 4 is 11.8 Å². The van der Waals surface area contributed by atoms with Crippen molar-refractivity contribution in [3.8, 4) is 11.4 Å². The summed E-state index contributed by atoms with van der Waals surface area (Å²) in [5, 5.41) is 0. The van der Waals surface area contributed by atoms with Gasteiger partial charge in [0.1, 0.15) is 11.6 Å². The second-order valence-electron chi connectivity index (χ2n) is 8.76. The third kappa shape index (κ3) is 4.83. The second kappa shape index (κ2) is 9.98. The molecule has 184 valence electrons. The number of carbonyl (C=O) groups is 2. The fourth-order valence-electron chi connectivity index (χ4n) is 4.98.